The van der Waals surface area contributed by atoms with Crippen molar-refractivity contribution in [1.29, 1.82) is 0 Å². The number of likely N-dealkylation sites (N-methyl/N-ethyl adjacent to an activating group) is 1. The average molecular weight is 225 g/mol. The van der Waals surface area contributed by atoms with Crippen LogP contribution in [0.3, 0.4) is 0 Å². The third-order valence-corrected chi connectivity index (χ3v) is 2.91. The first-order valence-electron chi connectivity index (χ1n) is 4.78. The van der Waals surface area contributed by atoms with Crippen LogP contribution in [0, 0.1) is 0 Å². The summed E-state index contributed by atoms with van der Waals surface area (Å²) in [4.78, 5) is 13.6. The average Bonchev–Trinajstić information content (AvgIpc) is 2.13. The lowest BCUT2D eigenvalue weighted by Gasteiger charge is -2.38. The lowest BCUT2D eigenvalue weighted by atomic mass is 9.99. The van der Waals surface area contributed by atoms with Crippen molar-refractivity contribution in [3.8, 4) is 0 Å². The van der Waals surface area contributed by atoms with Gasteiger partial charge in [-0.2, -0.15) is 0 Å². The van der Waals surface area contributed by atoms with Crippen molar-refractivity contribution in [3.63, 3.8) is 0 Å². The number of amides is 1. The maximum absolute atomic E-state index is 12.0. The normalized spacial score (nSPS) is 18.4. The number of anilines is 2. The molecule has 0 bridgehead atoms. The summed E-state index contributed by atoms with van der Waals surface area (Å²) < 4.78 is 0. The Morgan fingerprint density at radius 1 is 1.40 bits per heavy atom. The molecular formula is C11H13ClN2O. The van der Waals surface area contributed by atoms with Gasteiger partial charge in [0, 0.05) is 7.05 Å². The molecule has 0 radical (unpaired) electrons. The van der Waals surface area contributed by atoms with Crippen molar-refractivity contribution in [1.82, 2.24) is 0 Å². The largest absolute Gasteiger partial charge is 0.370 e. The molecule has 0 aliphatic carbocycles. The van der Waals surface area contributed by atoms with Gasteiger partial charge in [-0.1, -0.05) is 17.7 Å². The van der Waals surface area contributed by atoms with Gasteiger partial charge in [-0.3, -0.25) is 4.79 Å². The Kier molecular flexibility index (Phi) is 2.15. The lowest BCUT2D eigenvalue weighted by molar-refractivity contribution is -0.121. The summed E-state index contributed by atoms with van der Waals surface area (Å²) in [5.41, 5.74) is 1.07. The fraction of sp³-hybridized carbons (Fsp3) is 0.364. The lowest BCUT2D eigenvalue weighted by Crippen LogP contribution is -2.52. The number of hydrogen-bond donors (Lipinski definition) is 1. The summed E-state index contributed by atoms with van der Waals surface area (Å²) in [6.45, 7) is 3.71. The highest BCUT2D eigenvalue weighted by Gasteiger charge is 2.37. The minimum atomic E-state index is -0.577. The highest BCUT2D eigenvalue weighted by Crippen LogP contribution is 2.39. The summed E-state index contributed by atoms with van der Waals surface area (Å²) in [6.07, 6.45) is 0. The van der Waals surface area contributed by atoms with Crippen molar-refractivity contribution in [3.05, 3.63) is 23.2 Å². The van der Waals surface area contributed by atoms with E-state index in [0.29, 0.717) is 5.02 Å². The first-order valence-corrected chi connectivity index (χ1v) is 5.16. The van der Waals surface area contributed by atoms with Crippen LogP contribution in [-0.4, -0.2) is 18.5 Å². The van der Waals surface area contributed by atoms with Gasteiger partial charge in [-0.05, 0) is 26.0 Å². The standard InChI is InChI=1S/C11H13ClN2O/c1-11(2)10(15)14(3)9-7(12)5-4-6-8(9)13-11/h4-6,13H,1-3H3. The van der Waals surface area contributed by atoms with Crippen LogP contribution in [0.4, 0.5) is 11.4 Å². The Bertz CT molecular complexity index is 429. The number of carbonyl (C=O) groups is 1. The fourth-order valence-electron chi connectivity index (χ4n) is 1.87. The van der Waals surface area contributed by atoms with E-state index in [9.17, 15) is 4.79 Å². The van der Waals surface area contributed by atoms with Crippen molar-refractivity contribution < 1.29 is 4.79 Å². The van der Waals surface area contributed by atoms with Crippen LogP contribution >= 0.6 is 11.6 Å². The number of hydrogen-bond acceptors (Lipinski definition) is 2. The van der Waals surface area contributed by atoms with Crippen molar-refractivity contribution in [2.24, 2.45) is 0 Å². The Hall–Kier alpha value is -1.22. The van der Waals surface area contributed by atoms with E-state index in [2.05, 4.69) is 5.32 Å². The minimum absolute atomic E-state index is 0.0168. The number of fused-ring (bicyclic) bond motifs is 1. The van der Waals surface area contributed by atoms with Crippen molar-refractivity contribution in [2.75, 3.05) is 17.3 Å². The molecule has 3 nitrogen and oxygen atoms in total. The second-order valence-electron chi connectivity index (χ2n) is 4.25. The molecule has 1 heterocycles. The minimum Gasteiger partial charge on any atom is -0.370 e. The smallest absolute Gasteiger partial charge is 0.251 e. The summed E-state index contributed by atoms with van der Waals surface area (Å²) >= 11 is 6.06. The molecule has 0 unspecified atom stereocenters. The molecule has 1 N–H and O–H groups in total. The fourth-order valence-corrected chi connectivity index (χ4v) is 2.17. The molecule has 2 rings (SSSR count). The van der Waals surface area contributed by atoms with E-state index in [1.165, 1.54) is 0 Å². The van der Waals surface area contributed by atoms with Gasteiger partial charge in [-0.25, -0.2) is 0 Å². The van der Waals surface area contributed by atoms with Crippen LogP contribution in [-0.2, 0) is 4.79 Å². The maximum Gasteiger partial charge on any atom is 0.251 e. The number of rotatable bonds is 0. The summed E-state index contributed by atoms with van der Waals surface area (Å²) in [5.74, 6) is 0.0168. The SMILES string of the molecule is CN1C(=O)C(C)(C)Nc2cccc(Cl)c21. The van der Waals surface area contributed by atoms with Gasteiger partial charge in [-0.15, -0.1) is 0 Å². The molecule has 4 heteroatoms. The van der Waals surface area contributed by atoms with E-state index in [1.54, 1.807) is 18.0 Å². The number of halogens is 1. The van der Waals surface area contributed by atoms with Crippen LogP contribution in [0.2, 0.25) is 5.02 Å². The van der Waals surface area contributed by atoms with Gasteiger partial charge in [0.2, 0.25) is 0 Å². The second kappa shape index (κ2) is 3.14. The van der Waals surface area contributed by atoms with Gasteiger partial charge in [0.05, 0.1) is 16.4 Å². The van der Waals surface area contributed by atoms with E-state index in [4.69, 9.17) is 11.6 Å². The number of nitrogens with one attached hydrogen (secondary N) is 1. The van der Waals surface area contributed by atoms with E-state index in [0.717, 1.165) is 11.4 Å². The molecule has 80 valence electrons. The quantitative estimate of drug-likeness (QED) is 0.735. The molecule has 1 amide bonds. The molecule has 0 atom stereocenters. The van der Waals surface area contributed by atoms with Gasteiger partial charge >= 0.3 is 0 Å². The summed E-state index contributed by atoms with van der Waals surface area (Å²) in [6, 6.07) is 5.57. The molecule has 0 aromatic heterocycles. The molecule has 0 fully saturated rings. The number of para-hydroxylation sites is 1. The van der Waals surface area contributed by atoms with Crippen molar-refractivity contribution >= 4 is 28.9 Å². The van der Waals surface area contributed by atoms with E-state index in [-0.39, 0.29) is 5.91 Å². The zero-order valence-corrected chi connectivity index (χ0v) is 9.72. The van der Waals surface area contributed by atoms with Crippen molar-refractivity contribution in [2.45, 2.75) is 19.4 Å². The van der Waals surface area contributed by atoms with Crippen LogP contribution in [0.1, 0.15) is 13.8 Å². The molecule has 1 aliphatic rings. The topological polar surface area (TPSA) is 32.3 Å². The molecule has 0 saturated carbocycles. The highest BCUT2D eigenvalue weighted by molar-refractivity contribution is 6.35. The van der Waals surface area contributed by atoms with Crippen LogP contribution in [0.5, 0.6) is 0 Å². The third-order valence-electron chi connectivity index (χ3n) is 2.61. The molecule has 1 aromatic rings. The van der Waals surface area contributed by atoms with Gasteiger partial charge in [0.1, 0.15) is 5.54 Å². The second-order valence-corrected chi connectivity index (χ2v) is 4.66. The van der Waals surface area contributed by atoms with Gasteiger partial charge < -0.3 is 10.2 Å². The predicted molar refractivity (Wildman–Crippen MR) is 62.6 cm³/mol. The number of carbonyl (C=O) groups excluding carboxylic acids is 1. The Morgan fingerprint density at radius 2 is 2.07 bits per heavy atom. The van der Waals surface area contributed by atoms with E-state index >= 15 is 0 Å². The van der Waals surface area contributed by atoms with Crippen LogP contribution in [0.15, 0.2) is 18.2 Å². The van der Waals surface area contributed by atoms with E-state index < -0.39 is 5.54 Å². The number of benzene rings is 1. The van der Waals surface area contributed by atoms with Crippen LogP contribution < -0.4 is 10.2 Å². The number of nitrogens with zero attached hydrogens (tertiary/aromatic N) is 1. The monoisotopic (exact) mass is 224 g/mol. The predicted octanol–water partition coefficient (Wildman–Crippen LogP) is 2.51. The molecule has 15 heavy (non-hydrogen) atoms. The molecule has 0 saturated heterocycles. The highest BCUT2D eigenvalue weighted by atomic mass is 35.5. The maximum atomic E-state index is 12.0. The summed E-state index contributed by atoms with van der Waals surface area (Å²) in [7, 11) is 1.75. The van der Waals surface area contributed by atoms with Gasteiger partial charge in [0.25, 0.3) is 5.91 Å². The Labute approximate surface area is 94.0 Å². The van der Waals surface area contributed by atoms with E-state index in [1.807, 2.05) is 26.0 Å². The van der Waals surface area contributed by atoms with Crippen LogP contribution in [0.25, 0.3) is 0 Å². The molecule has 1 aromatic carbocycles. The Morgan fingerprint density at radius 3 is 2.73 bits per heavy atom. The molecule has 1 aliphatic heterocycles. The third kappa shape index (κ3) is 1.47. The zero-order valence-electron chi connectivity index (χ0n) is 8.97. The zero-order chi connectivity index (χ0) is 11.2. The van der Waals surface area contributed by atoms with Gasteiger partial charge in [0.15, 0.2) is 0 Å². The summed E-state index contributed by atoms with van der Waals surface area (Å²) in [5, 5.41) is 3.77. The Balaban J connectivity index is 2.60. The molecular weight excluding hydrogens is 212 g/mol. The first-order chi connectivity index (χ1) is 6.93. The molecule has 0 spiro atoms. The first kappa shape index (κ1) is 10.3.